The minimum Gasteiger partial charge on any atom is -0.316 e. The van der Waals surface area contributed by atoms with E-state index >= 15 is 0 Å². The summed E-state index contributed by atoms with van der Waals surface area (Å²) in [6.07, 6.45) is 0.347. The summed E-state index contributed by atoms with van der Waals surface area (Å²) in [5.41, 5.74) is 0.995. The summed E-state index contributed by atoms with van der Waals surface area (Å²) in [7, 11) is -4.92. The van der Waals surface area contributed by atoms with Gasteiger partial charge in [0.2, 0.25) is 10.0 Å². The van der Waals surface area contributed by atoms with E-state index in [2.05, 4.69) is 5.32 Å². The van der Waals surface area contributed by atoms with E-state index in [1.807, 2.05) is 7.05 Å². The summed E-state index contributed by atoms with van der Waals surface area (Å²) in [5.74, 6) is -0.0514. The van der Waals surface area contributed by atoms with Crippen LogP contribution in [0.15, 0.2) is 29.2 Å². The Balaban J connectivity index is 2.21. The van der Waals surface area contributed by atoms with Crippen molar-refractivity contribution in [3.8, 4) is 0 Å². The second-order valence-corrected chi connectivity index (χ2v) is 9.33. The standard InChI is InChI=1S/C13H20N2O4S2/c1-14-11-12-3-5-13(6-4-12)21(18,19)15-7-2-9-20(16,17)10-8-15/h3-6,14H,2,7-11H2,1H3. The second kappa shape index (κ2) is 6.43. The molecule has 1 fully saturated rings. The van der Waals surface area contributed by atoms with Crippen LogP contribution in [0, 0.1) is 0 Å². The molecule has 0 bridgehead atoms. The fraction of sp³-hybridized carbons (Fsp3) is 0.538. The maximum atomic E-state index is 12.5. The average molecular weight is 332 g/mol. The van der Waals surface area contributed by atoms with Gasteiger partial charge >= 0.3 is 0 Å². The summed E-state index contributed by atoms with van der Waals surface area (Å²) < 4.78 is 49.5. The van der Waals surface area contributed by atoms with Gasteiger partial charge in [0.1, 0.15) is 0 Å². The summed E-state index contributed by atoms with van der Waals surface area (Å²) in [4.78, 5) is 0.210. The molecule has 1 N–H and O–H groups in total. The molecule has 0 saturated carbocycles. The van der Waals surface area contributed by atoms with Gasteiger partial charge in [-0.25, -0.2) is 16.8 Å². The van der Waals surface area contributed by atoms with Gasteiger partial charge in [-0.05, 0) is 31.2 Å². The van der Waals surface area contributed by atoms with Crippen molar-refractivity contribution in [1.29, 1.82) is 0 Å². The molecule has 1 aliphatic rings. The molecular weight excluding hydrogens is 312 g/mol. The summed E-state index contributed by atoms with van der Waals surface area (Å²) in [6.45, 7) is 0.949. The van der Waals surface area contributed by atoms with E-state index in [9.17, 15) is 16.8 Å². The van der Waals surface area contributed by atoms with Gasteiger partial charge in [-0.15, -0.1) is 0 Å². The van der Waals surface area contributed by atoms with E-state index in [4.69, 9.17) is 0 Å². The Labute approximate surface area is 126 Å². The zero-order valence-electron chi connectivity index (χ0n) is 11.9. The Bertz CT molecular complexity index is 681. The molecule has 1 aromatic rings. The largest absolute Gasteiger partial charge is 0.316 e. The van der Waals surface area contributed by atoms with Gasteiger partial charge in [0.25, 0.3) is 0 Å². The van der Waals surface area contributed by atoms with Crippen molar-refractivity contribution in [2.75, 3.05) is 31.6 Å². The van der Waals surface area contributed by atoms with Crippen LogP contribution in [0.5, 0.6) is 0 Å². The van der Waals surface area contributed by atoms with E-state index < -0.39 is 19.9 Å². The first-order valence-electron chi connectivity index (χ1n) is 6.79. The Morgan fingerprint density at radius 2 is 1.81 bits per heavy atom. The lowest BCUT2D eigenvalue weighted by atomic mass is 10.2. The van der Waals surface area contributed by atoms with Crippen molar-refractivity contribution >= 4 is 19.9 Å². The first kappa shape index (κ1) is 16.4. The third kappa shape index (κ3) is 4.03. The predicted molar refractivity (Wildman–Crippen MR) is 81.2 cm³/mol. The van der Waals surface area contributed by atoms with Crippen molar-refractivity contribution in [3.63, 3.8) is 0 Å². The molecule has 0 radical (unpaired) electrons. The zero-order chi connectivity index (χ0) is 15.5. The minimum absolute atomic E-state index is 0.0307. The number of hydrogen-bond donors (Lipinski definition) is 1. The number of nitrogens with one attached hydrogen (secondary N) is 1. The number of benzene rings is 1. The smallest absolute Gasteiger partial charge is 0.243 e. The van der Waals surface area contributed by atoms with Crippen LogP contribution in [0.25, 0.3) is 0 Å². The van der Waals surface area contributed by atoms with E-state index in [0.29, 0.717) is 13.0 Å². The molecule has 0 unspecified atom stereocenters. The maximum absolute atomic E-state index is 12.5. The molecule has 1 saturated heterocycles. The molecule has 1 aromatic carbocycles. The quantitative estimate of drug-likeness (QED) is 0.852. The SMILES string of the molecule is CNCc1ccc(S(=O)(=O)N2CCCS(=O)(=O)CC2)cc1. The van der Waals surface area contributed by atoms with Crippen LogP contribution in [-0.2, 0) is 26.4 Å². The van der Waals surface area contributed by atoms with Crippen molar-refractivity contribution in [2.24, 2.45) is 0 Å². The summed E-state index contributed by atoms with van der Waals surface area (Å²) in [6, 6.07) is 6.67. The van der Waals surface area contributed by atoms with Gasteiger partial charge in [0.15, 0.2) is 9.84 Å². The Morgan fingerprint density at radius 1 is 1.14 bits per heavy atom. The lowest BCUT2D eigenvalue weighted by Gasteiger charge is -2.19. The monoisotopic (exact) mass is 332 g/mol. The van der Waals surface area contributed by atoms with E-state index in [1.165, 1.54) is 4.31 Å². The molecule has 0 spiro atoms. The average Bonchev–Trinajstić information content (AvgIpc) is 2.61. The van der Waals surface area contributed by atoms with Crippen molar-refractivity contribution < 1.29 is 16.8 Å². The van der Waals surface area contributed by atoms with Crippen LogP contribution in [0.3, 0.4) is 0 Å². The van der Waals surface area contributed by atoms with Gasteiger partial charge in [-0.2, -0.15) is 4.31 Å². The van der Waals surface area contributed by atoms with Crippen LogP contribution in [-0.4, -0.2) is 52.8 Å². The number of rotatable bonds is 4. The summed E-state index contributed by atoms with van der Waals surface area (Å²) >= 11 is 0. The minimum atomic E-state index is -3.62. The van der Waals surface area contributed by atoms with Gasteiger partial charge in [0, 0.05) is 19.6 Å². The first-order valence-corrected chi connectivity index (χ1v) is 10.1. The molecule has 21 heavy (non-hydrogen) atoms. The molecule has 2 rings (SSSR count). The second-order valence-electron chi connectivity index (χ2n) is 5.08. The fourth-order valence-electron chi connectivity index (χ4n) is 2.29. The normalized spacial score (nSPS) is 20.0. The lowest BCUT2D eigenvalue weighted by molar-refractivity contribution is 0.434. The van der Waals surface area contributed by atoms with Gasteiger partial charge in [0.05, 0.1) is 16.4 Å². The van der Waals surface area contributed by atoms with Crippen LogP contribution < -0.4 is 5.32 Å². The molecule has 6 nitrogen and oxygen atoms in total. The highest BCUT2D eigenvalue weighted by Gasteiger charge is 2.28. The molecule has 118 valence electrons. The third-order valence-corrected chi connectivity index (χ3v) is 7.08. The molecular formula is C13H20N2O4S2. The molecule has 8 heteroatoms. The maximum Gasteiger partial charge on any atom is 0.243 e. The van der Waals surface area contributed by atoms with Crippen LogP contribution in [0.2, 0.25) is 0 Å². The Morgan fingerprint density at radius 3 is 2.43 bits per heavy atom. The topological polar surface area (TPSA) is 83.6 Å². The van der Waals surface area contributed by atoms with E-state index in [-0.39, 0.29) is 29.5 Å². The van der Waals surface area contributed by atoms with Crippen molar-refractivity contribution in [2.45, 2.75) is 17.9 Å². The number of sulfonamides is 1. The highest BCUT2D eigenvalue weighted by Crippen LogP contribution is 2.19. The highest BCUT2D eigenvalue weighted by molar-refractivity contribution is 7.91. The number of sulfone groups is 1. The van der Waals surface area contributed by atoms with Gasteiger partial charge in [-0.3, -0.25) is 0 Å². The van der Waals surface area contributed by atoms with Crippen molar-refractivity contribution in [3.05, 3.63) is 29.8 Å². The zero-order valence-corrected chi connectivity index (χ0v) is 13.6. The molecule has 1 heterocycles. The third-order valence-electron chi connectivity index (χ3n) is 3.46. The number of hydrogen-bond acceptors (Lipinski definition) is 5. The van der Waals surface area contributed by atoms with E-state index in [1.54, 1.807) is 24.3 Å². The Kier molecular flexibility index (Phi) is 5.03. The molecule has 0 amide bonds. The van der Waals surface area contributed by atoms with E-state index in [0.717, 1.165) is 5.56 Å². The van der Waals surface area contributed by atoms with Gasteiger partial charge < -0.3 is 5.32 Å². The predicted octanol–water partition coefficient (Wildman–Crippen LogP) is 0.215. The molecule has 1 aliphatic heterocycles. The van der Waals surface area contributed by atoms with Crippen LogP contribution in [0.1, 0.15) is 12.0 Å². The van der Waals surface area contributed by atoms with Crippen LogP contribution >= 0.6 is 0 Å². The Hall–Kier alpha value is -0.960. The fourth-order valence-corrected chi connectivity index (χ4v) is 5.15. The summed E-state index contributed by atoms with van der Waals surface area (Å²) in [5, 5.41) is 3.00. The molecule has 0 aliphatic carbocycles. The first-order chi connectivity index (χ1) is 9.85. The lowest BCUT2D eigenvalue weighted by Crippen LogP contribution is -2.33. The van der Waals surface area contributed by atoms with Gasteiger partial charge in [-0.1, -0.05) is 12.1 Å². The van der Waals surface area contributed by atoms with Crippen LogP contribution in [0.4, 0.5) is 0 Å². The molecule has 0 aromatic heterocycles. The highest BCUT2D eigenvalue weighted by atomic mass is 32.2. The molecule has 0 atom stereocenters. The van der Waals surface area contributed by atoms with Crippen molar-refractivity contribution in [1.82, 2.24) is 9.62 Å². The number of nitrogens with zero attached hydrogens (tertiary/aromatic N) is 1.